The average molecular weight is 477 g/mol. The number of rotatable bonds is 5. The first-order chi connectivity index (χ1) is 15.8. The molecule has 33 heavy (non-hydrogen) atoms. The van der Waals surface area contributed by atoms with E-state index in [1.165, 1.54) is 36.2 Å². The zero-order valence-corrected chi connectivity index (χ0v) is 19.9. The molecule has 2 aromatic rings. The van der Waals surface area contributed by atoms with Crippen LogP contribution in [0.5, 0.6) is 0 Å². The van der Waals surface area contributed by atoms with E-state index in [1.54, 1.807) is 4.90 Å². The molecule has 1 aliphatic carbocycles. The molecule has 1 aromatic carbocycles. The van der Waals surface area contributed by atoms with Gasteiger partial charge in [-0.3, -0.25) is 18.7 Å². The minimum absolute atomic E-state index is 0.00905. The Labute approximate surface area is 193 Å². The van der Waals surface area contributed by atoms with Crippen LogP contribution in [-0.4, -0.2) is 47.5 Å². The Kier molecular flexibility index (Phi) is 7.04. The number of likely N-dealkylation sites (tertiary alicyclic amines) is 1. The largest absolute Gasteiger partial charge is 0.341 e. The third kappa shape index (κ3) is 5.06. The molecule has 0 radical (unpaired) electrons. The van der Waals surface area contributed by atoms with E-state index in [9.17, 15) is 22.8 Å². The lowest BCUT2D eigenvalue weighted by Crippen LogP contribution is -2.44. The summed E-state index contributed by atoms with van der Waals surface area (Å²) < 4.78 is 31.2. The van der Waals surface area contributed by atoms with Crippen molar-refractivity contribution in [3.8, 4) is 0 Å². The topological polar surface area (TPSA) is 110 Å². The highest BCUT2D eigenvalue weighted by Gasteiger charge is 2.24. The van der Waals surface area contributed by atoms with E-state index in [0.717, 1.165) is 55.9 Å². The van der Waals surface area contributed by atoms with Gasteiger partial charge < -0.3 is 4.90 Å². The van der Waals surface area contributed by atoms with Gasteiger partial charge in [-0.15, -0.1) is 0 Å². The molecule has 1 aliphatic heterocycles. The number of aromatic nitrogens is 2. The Bertz CT molecular complexity index is 1250. The summed E-state index contributed by atoms with van der Waals surface area (Å²) in [6.07, 6.45) is 8.80. The van der Waals surface area contributed by atoms with Crippen LogP contribution < -0.4 is 16.0 Å². The fourth-order valence-electron chi connectivity index (χ4n) is 4.87. The summed E-state index contributed by atoms with van der Waals surface area (Å²) in [6, 6.07) is 4.10. The van der Waals surface area contributed by atoms with Gasteiger partial charge in [-0.1, -0.05) is 32.1 Å². The molecule has 0 bridgehead atoms. The maximum Gasteiger partial charge on any atom is 0.331 e. The Hall–Kier alpha value is -2.46. The summed E-state index contributed by atoms with van der Waals surface area (Å²) in [5, 5.41) is 0.104. The molecule has 1 saturated carbocycles. The number of carbonyl (C=O) groups excluding carboxylic acids is 1. The van der Waals surface area contributed by atoms with Crippen molar-refractivity contribution in [2.75, 3.05) is 13.1 Å². The second kappa shape index (κ2) is 9.80. The first-order valence-corrected chi connectivity index (χ1v) is 13.3. The van der Waals surface area contributed by atoms with Crippen molar-refractivity contribution in [1.82, 2.24) is 18.8 Å². The summed E-state index contributed by atoms with van der Waals surface area (Å²) in [4.78, 5) is 40.2. The number of fused-ring (bicyclic) bond motifs is 1. The van der Waals surface area contributed by atoms with Crippen molar-refractivity contribution >= 4 is 26.8 Å². The highest BCUT2D eigenvalue weighted by Crippen LogP contribution is 2.21. The Morgan fingerprint density at radius 2 is 1.64 bits per heavy atom. The number of nitrogens with one attached hydrogen (secondary N) is 1. The third-order valence-corrected chi connectivity index (χ3v) is 8.33. The number of sulfonamides is 1. The second-order valence-corrected chi connectivity index (χ2v) is 10.9. The van der Waals surface area contributed by atoms with Gasteiger partial charge in [0.1, 0.15) is 6.54 Å². The molecule has 0 spiro atoms. The predicted octanol–water partition coefficient (Wildman–Crippen LogP) is 1.71. The van der Waals surface area contributed by atoms with Crippen LogP contribution in [0.15, 0.2) is 32.7 Å². The number of carbonyl (C=O) groups is 1. The summed E-state index contributed by atoms with van der Waals surface area (Å²) in [6.45, 7) is 0.895. The zero-order chi connectivity index (χ0) is 23.6. The normalized spacial score (nSPS) is 18.4. The molecule has 2 fully saturated rings. The predicted molar refractivity (Wildman–Crippen MR) is 126 cm³/mol. The smallest absolute Gasteiger partial charge is 0.331 e. The summed E-state index contributed by atoms with van der Waals surface area (Å²) in [7, 11) is -2.31. The Morgan fingerprint density at radius 1 is 1.00 bits per heavy atom. The molecule has 10 heteroatoms. The lowest BCUT2D eigenvalue weighted by molar-refractivity contribution is -0.130. The van der Waals surface area contributed by atoms with E-state index in [2.05, 4.69) is 4.72 Å². The molecule has 2 aliphatic rings. The number of aryl methyl sites for hydroxylation is 1. The van der Waals surface area contributed by atoms with Crippen molar-refractivity contribution in [3.05, 3.63) is 39.0 Å². The van der Waals surface area contributed by atoms with Gasteiger partial charge in [0.05, 0.1) is 15.8 Å². The molecule has 9 nitrogen and oxygen atoms in total. The summed E-state index contributed by atoms with van der Waals surface area (Å²) in [5.74, 6) is -0.277. The Morgan fingerprint density at radius 3 is 2.30 bits per heavy atom. The van der Waals surface area contributed by atoms with E-state index in [1.807, 2.05) is 0 Å². The molecule has 1 amide bonds. The zero-order valence-electron chi connectivity index (χ0n) is 19.1. The van der Waals surface area contributed by atoms with E-state index >= 15 is 0 Å². The molecular weight excluding hydrogens is 444 g/mol. The minimum Gasteiger partial charge on any atom is -0.341 e. The first kappa shape index (κ1) is 23.7. The van der Waals surface area contributed by atoms with Gasteiger partial charge in [0, 0.05) is 26.2 Å². The molecular formula is C23H32N4O5S. The summed E-state index contributed by atoms with van der Waals surface area (Å²) >= 11 is 0. The van der Waals surface area contributed by atoms with E-state index < -0.39 is 21.3 Å². The fraction of sp³-hybridized carbons (Fsp3) is 0.609. The average Bonchev–Trinajstić information content (AvgIpc) is 3.31. The molecule has 0 unspecified atom stereocenters. The first-order valence-electron chi connectivity index (χ1n) is 11.8. The molecule has 180 valence electrons. The standard InChI is InChI=1S/C23H32N4O5S/c1-25-20-12-11-18(33(31,32)24-17-9-5-3-2-4-6-10-17)15-19(20)22(29)27(23(25)30)16-21(28)26-13-7-8-14-26/h11-12,15,17,24H,2-10,13-14,16H2,1H3. The van der Waals surface area contributed by atoms with Crippen LogP contribution in [-0.2, 0) is 28.4 Å². The van der Waals surface area contributed by atoms with Gasteiger partial charge in [0.2, 0.25) is 15.9 Å². The van der Waals surface area contributed by atoms with Crippen LogP contribution in [0, 0.1) is 0 Å². The number of amides is 1. The summed E-state index contributed by atoms with van der Waals surface area (Å²) in [5.41, 5.74) is -0.910. The van der Waals surface area contributed by atoms with Crippen LogP contribution in [0.25, 0.3) is 10.9 Å². The van der Waals surface area contributed by atoms with E-state index in [4.69, 9.17) is 0 Å². The maximum absolute atomic E-state index is 13.2. The maximum atomic E-state index is 13.2. The second-order valence-electron chi connectivity index (χ2n) is 9.16. The molecule has 0 atom stereocenters. The van der Waals surface area contributed by atoms with Crippen LogP contribution in [0.2, 0.25) is 0 Å². The monoisotopic (exact) mass is 476 g/mol. The Balaban J connectivity index is 1.67. The number of hydrogen-bond acceptors (Lipinski definition) is 5. The lowest BCUT2D eigenvalue weighted by atomic mass is 9.97. The van der Waals surface area contributed by atoms with Gasteiger partial charge in [0.25, 0.3) is 5.56 Å². The van der Waals surface area contributed by atoms with E-state index in [0.29, 0.717) is 18.6 Å². The molecule has 2 heterocycles. The quantitative estimate of drug-likeness (QED) is 0.706. The van der Waals surface area contributed by atoms with Crippen molar-refractivity contribution in [3.63, 3.8) is 0 Å². The number of benzene rings is 1. The number of hydrogen-bond donors (Lipinski definition) is 1. The van der Waals surface area contributed by atoms with Crippen LogP contribution in [0.1, 0.15) is 57.8 Å². The molecule has 4 rings (SSSR count). The minimum atomic E-state index is -3.83. The van der Waals surface area contributed by atoms with Gasteiger partial charge >= 0.3 is 5.69 Å². The molecule has 1 N–H and O–H groups in total. The third-order valence-electron chi connectivity index (χ3n) is 6.81. The highest BCUT2D eigenvalue weighted by atomic mass is 32.2. The lowest BCUT2D eigenvalue weighted by Gasteiger charge is -2.21. The van der Waals surface area contributed by atoms with E-state index in [-0.39, 0.29) is 28.8 Å². The molecule has 1 aromatic heterocycles. The van der Waals surface area contributed by atoms with Gasteiger partial charge in [0.15, 0.2) is 0 Å². The fourth-order valence-corrected chi connectivity index (χ4v) is 6.20. The molecule has 1 saturated heterocycles. The van der Waals surface area contributed by atoms with Crippen LogP contribution in [0.3, 0.4) is 0 Å². The van der Waals surface area contributed by atoms with Crippen molar-refractivity contribution in [1.29, 1.82) is 0 Å². The van der Waals surface area contributed by atoms with Crippen molar-refractivity contribution in [2.45, 2.75) is 75.3 Å². The SMILES string of the molecule is Cn1c(=O)n(CC(=O)N2CCCC2)c(=O)c2cc(S(=O)(=O)NC3CCCCCCC3)ccc21. The number of nitrogens with zero attached hydrogens (tertiary/aromatic N) is 3. The van der Waals surface area contributed by atoms with Crippen LogP contribution >= 0.6 is 0 Å². The van der Waals surface area contributed by atoms with Gasteiger partial charge in [-0.2, -0.15) is 0 Å². The van der Waals surface area contributed by atoms with Crippen molar-refractivity contribution in [2.24, 2.45) is 7.05 Å². The van der Waals surface area contributed by atoms with Crippen molar-refractivity contribution < 1.29 is 13.2 Å². The van der Waals surface area contributed by atoms with Gasteiger partial charge in [-0.05, 0) is 43.9 Å². The highest BCUT2D eigenvalue weighted by molar-refractivity contribution is 7.89. The van der Waals surface area contributed by atoms with Gasteiger partial charge in [-0.25, -0.2) is 17.9 Å². The van der Waals surface area contributed by atoms with Crippen LogP contribution in [0.4, 0.5) is 0 Å².